The van der Waals surface area contributed by atoms with Crippen molar-refractivity contribution in [3.8, 4) is 0 Å². The van der Waals surface area contributed by atoms with Crippen molar-refractivity contribution in [1.82, 2.24) is 20.0 Å². The number of urea groups is 2. The zero-order chi connectivity index (χ0) is 13.2. The van der Waals surface area contributed by atoms with Crippen molar-refractivity contribution in [3.63, 3.8) is 0 Å². The van der Waals surface area contributed by atoms with Gasteiger partial charge in [0.05, 0.1) is 6.04 Å². The Balaban J connectivity index is 1.60. The standard InChI is InChI=1S/C13H22N4O2/c18-12-14-9-11-10-16(7-8-17(11)12)13(19)15-5-3-1-2-4-6-15/h11H,1-10H2,(H,14,18). The fraction of sp³-hybridized carbons (Fsp3) is 0.846. The molecule has 3 fully saturated rings. The third-order valence-corrected chi connectivity index (χ3v) is 4.38. The number of nitrogens with one attached hydrogen (secondary N) is 1. The Morgan fingerprint density at radius 2 is 1.74 bits per heavy atom. The lowest BCUT2D eigenvalue weighted by Crippen LogP contribution is -2.56. The van der Waals surface area contributed by atoms with Crippen LogP contribution in [0.15, 0.2) is 0 Å². The van der Waals surface area contributed by atoms with Crippen LogP contribution in [0, 0.1) is 0 Å². The molecule has 1 atom stereocenters. The molecule has 3 aliphatic heterocycles. The molecule has 0 aromatic rings. The van der Waals surface area contributed by atoms with E-state index in [9.17, 15) is 9.59 Å². The van der Waals surface area contributed by atoms with E-state index in [0.717, 1.165) is 25.9 Å². The lowest BCUT2D eigenvalue weighted by Gasteiger charge is -2.38. The van der Waals surface area contributed by atoms with Gasteiger partial charge in [0.25, 0.3) is 0 Å². The summed E-state index contributed by atoms with van der Waals surface area (Å²) in [5, 5.41) is 2.85. The van der Waals surface area contributed by atoms with E-state index in [-0.39, 0.29) is 18.1 Å². The molecule has 6 nitrogen and oxygen atoms in total. The van der Waals surface area contributed by atoms with Crippen molar-refractivity contribution in [2.75, 3.05) is 39.3 Å². The highest BCUT2D eigenvalue weighted by atomic mass is 16.2. The molecule has 4 amide bonds. The van der Waals surface area contributed by atoms with Crippen LogP contribution < -0.4 is 5.32 Å². The number of likely N-dealkylation sites (tertiary alicyclic amines) is 1. The Morgan fingerprint density at radius 3 is 2.47 bits per heavy atom. The number of fused-ring (bicyclic) bond motifs is 1. The number of carbonyl (C=O) groups excluding carboxylic acids is 2. The third-order valence-electron chi connectivity index (χ3n) is 4.38. The first-order valence-corrected chi connectivity index (χ1v) is 7.34. The second-order valence-electron chi connectivity index (χ2n) is 5.66. The molecule has 3 heterocycles. The van der Waals surface area contributed by atoms with Gasteiger partial charge in [-0.05, 0) is 12.8 Å². The number of rotatable bonds is 0. The predicted molar refractivity (Wildman–Crippen MR) is 70.9 cm³/mol. The predicted octanol–water partition coefficient (Wildman–Crippen LogP) is 0.692. The monoisotopic (exact) mass is 266 g/mol. The maximum atomic E-state index is 12.5. The summed E-state index contributed by atoms with van der Waals surface area (Å²) in [6, 6.07) is 0.352. The quantitative estimate of drug-likeness (QED) is 0.701. The normalized spacial score (nSPS) is 27.9. The van der Waals surface area contributed by atoms with Gasteiger partial charge in [-0.25, -0.2) is 9.59 Å². The number of hydrogen-bond acceptors (Lipinski definition) is 2. The van der Waals surface area contributed by atoms with Gasteiger partial charge in [0.15, 0.2) is 0 Å². The Kier molecular flexibility index (Phi) is 3.48. The lowest BCUT2D eigenvalue weighted by atomic mass is 10.2. The van der Waals surface area contributed by atoms with Crippen molar-refractivity contribution in [1.29, 1.82) is 0 Å². The summed E-state index contributed by atoms with van der Waals surface area (Å²) in [7, 11) is 0. The molecular weight excluding hydrogens is 244 g/mol. The molecule has 106 valence electrons. The maximum Gasteiger partial charge on any atom is 0.320 e. The van der Waals surface area contributed by atoms with Gasteiger partial charge in [0.2, 0.25) is 0 Å². The van der Waals surface area contributed by atoms with E-state index >= 15 is 0 Å². The zero-order valence-corrected chi connectivity index (χ0v) is 11.3. The molecule has 0 radical (unpaired) electrons. The minimum absolute atomic E-state index is 0.0203. The van der Waals surface area contributed by atoms with E-state index < -0.39 is 0 Å². The average Bonchev–Trinajstić information content (AvgIpc) is 2.67. The Bertz CT molecular complexity index is 366. The van der Waals surface area contributed by atoms with Crippen molar-refractivity contribution >= 4 is 12.1 Å². The van der Waals surface area contributed by atoms with Gasteiger partial charge in [0, 0.05) is 39.3 Å². The van der Waals surface area contributed by atoms with E-state index in [4.69, 9.17) is 0 Å². The van der Waals surface area contributed by atoms with E-state index in [0.29, 0.717) is 26.2 Å². The minimum Gasteiger partial charge on any atom is -0.336 e. The molecule has 0 aliphatic carbocycles. The smallest absolute Gasteiger partial charge is 0.320 e. The van der Waals surface area contributed by atoms with E-state index in [2.05, 4.69) is 5.32 Å². The Hall–Kier alpha value is -1.46. The highest BCUT2D eigenvalue weighted by molar-refractivity contribution is 5.78. The Labute approximate surface area is 113 Å². The van der Waals surface area contributed by atoms with Crippen LogP contribution in [0.25, 0.3) is 0 Å². The summed E-state index contributed by atoms with van der Waals surface area (Å²) in [5.41, 5.74) is 0. The molecule has 0 saturated carbocycles. The van der Waals surface area contributed by atoms with Crippen LogP contribution in [0.1, 0.15) is 25.7 Å². The van der Waals surface area contributed by atoms with Crippen molar-refractivity contribution in [3.05, 3.63) is 0 Å². The highest BCUT2D eigenvalue weighted by Crippen LogP contribution is 2.17. The fourth-order valence-corrected chi connectivity index (χ4v) is 3.24. The number of piperazine rings is 1. The van der Waals surface area contributed by atoms with Crippen LogP contribution in [-0.4, -0.2) is 72.1 Å². The van der Waals surface area contributed by atoms with Gasteiger partial charge in [0.1, 0.15) is 0 Å². The summed E-state index contributed by atoms with van der Waals surface area (Å²) in [6.07, 6.45) is 4.71. The molecule has 1 unspecified atom stereocenters. The zero-order valence-electron chi connectivity index (χ0n) is 11.3. The van der Waals surface area contributed by atoms with Crippen LogP contribution in [0.3, 0.4) is 0 Å². The molecule has 0 bridgehead atoms. The summed E-state index contributed by atoms with van der Waals surface area (Å²) in [5.74, 6) is 0. The topological polar surface area (TPSA) is 55.9 Å². The van der Waals surface area contributed by atoms with Crippen molar-refractivity contribution in [2.45, 2.75) is 31.7 Å². The first-order valence-electron chi connectivity index (χ1n) is 7.34. The molecular formula is C13H22N4O2. The SMILES string of the molecule is O=C(N1CCCCCC1)N1CCN2C(=O)NCC2C1. The van der Waals surface area contributed by atoms with E-state index in [1.807, 2.05) is 14.7 Å². The Morgan fingerprint density at radius 1 is 1.00 bits per heavy atom. The van der Waals surface area contributed by atoms with Gasteiger partial charge >= 0.3 is 12.1 Å². The lowest BCUT2D eigenvalue weighted by molar-refractivity contribution is 0.107. The number of amides is 4. The maximum absolute atomic E-state index is 12.5. The third kappa shape index (κ3) is 2.48. The van der Waals surface area contributed by atoms with Crippen LogP contribution in [-0.2, 0) is 0 Å². The number of nitrogens with zero attached hydrogens (tertiary/aromatic N) is 3. The van der Waals surface area contributed by atoms with E-state index in [1.165, 1.54) is 12.8 Å². The summed E-state index contributed by atoms with van der Waals surface area (Å²) < 4.78 is 0. The van der Waals surface area contributed by atoms with Crippen LogP contribution in [0.5, 0.6) is 0 Å². The first-order chi connectivity index (χ1) is 9.25. The fourth-order valence-electron chi connectivity index (χ4n) is 3.24. The molecule has 0 aromatic heterocycles. The van der Waals surface area contributed by atoms with E-state index in [1.54, 1.807) is 0 Å². The van der Waals surface area contributed by atoms with Gasteiger partial charge in [-0.15, -0.1) is 0 Å². The van der Waals surface area contributed by atoms with Gasteiger partial charge in [-0.1, -0.05) is 12.8 Å². The second kappa shape index (κ2) is 5.27. The van der Waals surface area contributed by atoms with Crippen LogP contribution in [0.2, 0.25) is 0 Å². The molecule has 0 aromatic carbocycles. The van der Waals surface area contributed by atoms with Crippen molar-refractivity contribution < 1.29 is 9.59 Å². The largest absolute Gasteiger partial charge is 0.336 e. The van der Waals surface area contributed by atoms with Crippen LogP contribution >= 0.6 is 0 Å². The van der Waals surface area contributed by atoms with Gasteiger partial charge < -0.3 is 20.0 Å². The van der Waals surface area contributed by atoms with Crippen molar-refractivity contribution in [2.24, 2.45) is 0 Å². The minimum atomic E-state index is 0.0203. The summed E-state index contributed by atoms with van der Waals surface area (Å²) in [4.78, 5) is 29.8. The number of hydrogen-bond donors (Lipinski definition) is 1. The molecule has 0 spiro atoms. The number of carbonyl (C=O) groups is 2. The first kappa shape index (κ1) is 12.6. The average molecular weight is 266 g/mol. The summed E-state index contributed by atoms with van der Waals surface area (Å²) in [6.45, 7) is 4.45. The second-order valence-corrected chi connectivity index (χ2v) is 5.66. The molecule has 3 aliphatic rings. The molecule has 19 heavy (non-hydrogen) atoms. The molecule has 6 heteroatoms. The molecule has 3 saturated heterocycles. The van der Waals surface area contributed by atoms with Gasteiger partial charge in [-0.2, -0.15) is 0 Å². The summed E-state index contributed by atoms with van der Waals surface area (Å²) >= 11 is 0. The van der Waals surface area contributed by atoms with Crippen LogP contribution in [0.4, 0.5) is 9.59 Å². The molecule has 3 rings (SSSR count). The van der Waals surface area contributed by atoms with Gasteiger partial charge in [-0.3, -0.25) is 0 Å². The highest BCUT2D eigenvalue weighted by Gasteiger charge is 2.37. The molecule has 1 N–H and O–H groups in total.